The fraction of sp³-hybridized carbons (Fsp3) is 0.440. The molecule has 0 bridgehead atoms. The Bertz CT molecular complexity index is 911. The zero-order chi connectivity index (χ0) is 23.0. The predicted molar refractivity (Wildman–Crippen MR) is 119 cm³/mol. The van der Waals surface area contributed by atoms with Crippen molar-refractivity contribution in [3.05, 3.63) is 65.2 Å². The molecule has 2 aliphatic rings. The van der Waals surface area contributed by atoms with Crippen LogP contribution in [0.25, 0.3) is 0 Å². The van der Waals surface area contributed by atoms with Gasteiger partial charge < -0.3 is 24.1 Å². The molecule has 0 aromatic heterocycles. The zero-order valence-electron chi connectivity index (χ0n) is 18.5. The van der Waals surface area contributed by atoms with E-state index in [4.69, 9.17) is 24.1 Å². The minimum Gasteiger partial charge on any atom is -0.491 e. The molecule has 4 rings (SSSR count). The Hall–Kier alpha value is -2.78. The third-order valence-corrected chi connectivity index (χ3v) is 5.67. The number of fused-ring (bicyclic) bond motifs is 1. The summed E-state index contributed by atoms with van der Waals surface area (Å²) in [5.41, 5.74) is 1.90. The van der Waals surface area contributed by atoms with Crippen molar-refractivity contribution >= 4 is 11.8 Å². The maximum Gasteiger partial charge on any atom is 0.261 e. The third-order valence-electron chi connectivity index (χ3n) is 5.67. The van der Waals surface area contributed by atoms with E-state index in [9.17, 15) is 9.59 Å². The molecule has 2 atom stereocenters. The summed E-state index contributed by atoms with van der Waals surface area (Å²) in [7, 11) is 0. The molecule has 0 saturated carbocycles. The first-order chi connectivity index (χ1) is 16.2. The van der Waals surface area contributed by atoms with E-state index in [0.29, 0.717) is 44.1 Å². The van der Waals surface area contributed by atoms with Crippen molar-refractivity contribution in [2.75, 3.05) is 39.6 Å². The van der Waals surface area contributed by atoms with Gasteiger partial charge in [-0.2, -0.15) is 0 Å². The highest BCUT2D eigenvalue weighted by molar-refractivity contribution is 6.21. The molecule has 176 valence electrons. The number of hydrogen-bond donors (Lipinski definition) is 1. The topological polar surface area (TPSA) is 94.5 Å². The van der Waals surface area contributed by atoms with E-state index >= 15 is 0 Å². The molecule has 0 aliphatic carbocycles. The van der Waals surface area contributed by atoms with Crippen LogP contribution >= 0.6 is 0 Å². The summed E-state index contributed by atoms with van der Waals surface area (Å²) in [6.07, 6.45) is 1.93. The van der Waals surface area contributed by atoms with Crippen LogP contribution in [0.15, 0.2) is 48.5 Å². The number of benzene rings is 2. The van der Waals surface area contributed by atoms with Gasteiger partial charge in [0.15, 0.2) is 6.29 Å². The average molecular weight is 456 g/mol. The summed E-state index contributed by atoms with van der Waals surface area (Å²) in [6, 6.07) is 14.5. The SMILES string of the molecule is O=C1c2ccccc2C(=O)N1CCCCC1COC(c2ccc(OCCOCCO)cc2)O1. The van der Waals surface area contributed by atoms with E-state index in [2.05, 4.69) is 0 Å². The minimum atomic E-state index is -0.409. The molecule has 0 spiro atoms. The number of carbonyl (C=O) groups excluding carboxylic acids is 2. The monoisotopic (exact) mass is 455 g/mol. The van der Waals surface area contributed by atoms with Gasteiger partial charge in [0, 0.05) is 12.1 Å². The van der Waals surface area contributed by atoms with Crippen LogP contribution in [0.5, 0.6) is 5.75 Å². The van der Waals surface area contributed by atoms with Gasteiger partial charge in [0.05, 0.1) is 43.7 Å². The first-order valence-electron chi connectivity index (χ1n) is 11.3. The van der Waals surface area contributed by atoms with Crippen molar-refractivity contribution in [1.82, 2.24) is 4.90 Å². The lowest BCUT2D eigenvalue weighted by atomic mass is 10.1. The molecule has 2 aliphatic heterocycles. The molecule has 1 saturated heterocycles. The van der Waals surface area contributed by atoms with Crippen LogP contribution < -0.4 is 4.74 Å². The molecule has 1 fully saturated rings. The number of ether oxygens (including phenoxy) is 4. The summed E-state index contributed by atoms with van der Waals surface area (Å²) in [6.45, 7) is 2.07. The van der Waals surface area contributed by atoms with Gasteiger partial charge in [0.1, 0.15) is 12.4 Å². The van der Waals surface area contributed by atoms with Gasteiger partial charge in [0.25, 0.3) is 11.8 Å². The Balaban J connectivity index is 1.15. The Morgan fingerprint density at radius 1 is 0.939 bits per heavy atom. The van der Waals surface area contributed by atoms with Crippen molar-refractivity contribution < 1.29 is 33.6 Å². The van der Waals surface area contributed by atoms with Gasteiger partial charge in [-0.05, 0) is 43.5 Å². The molecule has 2 amide bonds. The first kappa shape index (κ1) is 23.4. The van der Waals surface area contributed by atoms with Gasteiger partial charge in [0.2, 0.25) is 0 Å². The van der Waals surface area contributed by atoms with Gasteiger partial charge >= 0.3 is 0 Å². The molecule has 8 nitrogen and oxygen atoms in total. The Morgan fingerprint density at radius 3 is 2.36 bits per heavy atom. The highest BCUT2D eigenvalue weighted by atomic mass is 16.7. The second-order valence-electron chi connectivity index (χ2n) is 7.98. The van der Waals surface area contributed by atoms with Crippen LogP contribution in [-0.2, 0) is 14.2 Å². The number of unbranched alkanes of at least 4 members (excludes halogenated alkanes) is 1. The van der Waals surface area contributed by atoms with Gasteiger partial charge in [-0.25, -0.2) is 0 Å². The molecular formula is C25H29NO7. The number of nitrogens with zero attached hydrogens (tertiary/aromatic N) is 1. The lowest BCUT2D eigenvalue weighted by molar-refractivity contribution is -0.0614. The highest BCUT2D eigenvalue weighted by Crippen LogP contribution is 2.30. The van der Waals surface area contributed by atoms with Gasteiger partial charge in [-0.3, -0.25) is 14.5 Å². The highest BCUT2D eigenvalue weighted by Gasteiger charge is 2.34. The minimum absolute atomic E-state index is 0.00364. The molecule has 1 N–H and O–H groups in total. The largest absolute Gasteiger partial charge is 0.491 e. The molecule has 2 aromatic rings. The molecule has 2 unspecified atom stereocenters. The van der Waals surface area contributed by atoms with E-state index in [1.165, 1.54) is 4.90 Å². The summed E-state index contributed by atoms with van der Waals surface area (Å²) >= 11 is 0. The lowest BCUT2D eigenvalue weighted by Crippen LogP contribution is -2.30. The van der Waals surface area contributed by atoms with Crippen molar-refractivity contribution in [2.24, 2.45) is 0 Å². The Morgan fingerprint density at radius 2 is 1.67 bits per heavy atom. The lowest BCUT2D eigenvalue weighted by Gasteiger charge is -2.15. The van der Waals surface area contributed by atoms with Crippen LogP contribution in [0, 0.1) is 0 Å². The van der Waals surface area contributed by atoms with Crippen molar-refractivity contribution in [2.45, 2.75) is 31.7 Å². The van der Waals surface area contributed by atoms with Gasteiger partial charge in [-0.15, -0.1) is 0 Å². The number of aliphatic hydroxyl groups is 1. The zero-order valence-corrected chi connectivity index (χ0v) is 18.5. The van der Waals surface area contributed by atoms with Crippen LogP contribution in [0.1, 0.15) is 51.8 Å². The summed E-state index contributed by atoms with van der Waals surface area (Å²) in [5, 5.41) is 8.67. The quantitative estimate of drug-likeness (QED) is 0.388. The van der Waals surface area contributed by atoms with Crippen LogP contribution in [0.4, 0.5) is 0 Å². The molecule has 2 aromatic carbocycles. The molecule has 2 heterocycles. The smallest absolute Gasteiger partial charge is 0.261 e. The van der Waals surface area contributed by atoms with Crippen molar-refractivity contribution in [3.8, 4) is 5.75 Å². The van der Waals surface area contributed by atoms with Crippen LogP contribution in [0.2, 0.25) is 0 Å². The van der Waals surface area contributed by atoms with Crippen LogP contribution in [-0.4, -0.2) is 67.5 Å². The molecule has 33 heavy (non-hydrogen) atoms. The number of carbonyl (C=O) groups is 2. The van der Waals surface area contributed by atoms with E-state index in [1.54, 1.807) is 24.3 Å². The van der Waals surface area contributed by atoms with E-state index in [0.717, 1.165) is 30.6 Å². The number of rotatable bonds is 12. The second-order valence-corrected chi connectivity index (χ2v) is 7.98. The number of aliphatic hydroxyl groups excluding tert-OH is 1. The maximum absolute atomic E-state index is 12.4. The number of hydrogen-bond acceptors (Lipinski definition) is 7. The molecular weight excluding hydrogens is 426 g/mol. The Kier molecular flexibility index (Phi) is 8.06. The average Bonchev–Trinajstić information content (AvgIpc) is 3.41. The van der Waals surface area contributed by atoms with Crippen molar-refractivity contribution in [3.63, 3.8) is 0 Å². The summed E-state index contributed by atoms with van der Waals surface area (Å²) in [5.74, 6) is 0.316. The maximum atomic E-state index is 12.4. The number of imide groups is 1. The summed E-state index contributed by atoms with van der Waals surface area (Å²) < 4.78 is 22.6. The first-order valence-corrected chi connectivity index (χ1v) is 11.3. The normalized spacial score (nSPS) is 19.8. The van der Waals surface area contributed by atoms with E-state index in [1.807, 2.05) is 24.3 Å². The fourth-order valence-electron chi connectivity index (χ4n) is 3.96. The molecule has 8 heteroatoms. The molecule has 0 radical (unpaired) electrons. The van der Waals surface area contributed by atoms with E-state index < -0.39 is 6.29 Å². The fourth-order valence-corrected chi connectivity index (χ4v) is 3.96. The Labute approximate surface area is 193 Å². The van der Waals surface area contributed by atoms with Crippen molar-refractivity contribution in [1.29, 1.82) is 0 Å². The number of amides is 2. The van der Waals surface area contributed by atoms with E-state index in [-0.39, 0.29) is 24.5 Å². The summed E-state index contributed by atoms with van der Waals surface area (Å²) in [4.78, 5) is 26.2. The standard InChI is InChI=1S/C25H29NO7/c27-13-14-30-15-16-31-19-10-8-18(9-11-19)25-32-17-20(33-25)5-3-4-12-26-23(28)21-6-1-2-7-22(21)24(26)29/h1-2,6-11,20,25,27H,3-5,12-17H2. The third kappa shape index (κ3) is 5.78. The van der Waals surface area contributed by atoms with Crippen LogP contribution in [0.3, 0.4) is 0 Å². The second kappa shape index (κ2) is 11.4. The van der Waals surface area contributed by atoms with Gasteiger partial charge in [-0.1, -0.05) is 24.3 Å². The predicted octanol–water partition coefficient (Wildman–Crippen LogP) is 2.95.